The van der Waals surface area contributed by atoms with Crippen molar-refractivity contribution in [1.29, 1.82) is 0 Å². The lowest BCUT2D eigenvalue weighted by molar-refractivity contribution is 0.174. The predicted octanol–water partition coefficient (Wildman–Crippen LogP) is 4.26. The molecule has 3 heterocycles. The van der Waals surface area contributed by atoms with Gasteiger partial charge >= 0.3 is 0 Å². The molecule has 3 N–H and O–H groups in total. The van der Waals surface area contributed by atoms with Gasteiger partial charge in [0.25, 0.3) is 0 Å². The number of rotatable bonds is 6. The largest absolute Gasteiger partial charge is 0.454 e. The average molecular weight is 412 g/mol. The van der Waals surface area contributed by atoms with Gasteiger partial charge in [-0.15, -0.1) is 0 Å². The second-order valence-electron chi connectivity index (χ2n) is 6.91. The van der Waals surface area contributed by atoms with Gasteiger partial charge in [0.2, 0.25) is 6.79 Å². The number of aromatic nitrogens is 3. The van der Waals surface area contributed by atoms with Gasteiger partial charge in [-0.05, 0) is 29.8 Å². The van der Waals surface area contributed by atoms with Crippen molar-refractivity contribution in [1.82, 2.24) is 15.0 Å². The monoisotopic (exact) mass is 412 g/mol. The predicted molar refractivity (Wildman–Crippen MR) is 119 cm³/mol. The number of benzene rings is 2. The molecule has 0 radical (unpaired) electrons. The smallest absolute Gasteiger partial charge is 0.231 e. The molecule has 5 rings (SSSR count). The molecule has 2 aromatic carbocycles. The number of nitrogen functional groups attached to an aromatic ring is 1. The molecule has 8 heteroatoms. The number of pyridine rings is 1. The number of hydrogen-bond acceptors (Lipinski definition) is 8. The van der Waals surface area contributed by atoms with E-state index in [1.54, 1.807) is 6.20 Å². The van der Waals surface area contributed by atoms with Crippen LogP contribution in [0.3, 0.4) is 0 Å². The van der Waals surface area contributed by atoms with E-state index in [9.17, 15) is 0 Å². The zero-order valence-corrected chi connectivity index (χ0v) is 16.6. The number of ether oxygens (including phenoxy) is 2. The van der Waals surface area contributed by atoms with Crippen LogP contribution in [0, 0.1) is 0 Å². The molecular weight excluding hydrogens is 392 g/mol. The van der Waals surface area contributed by atoms with Crippen molar-refractivity contribution in [2.45, 2.75) is 6.54 Å². The van der Waals surface area contributed by atoms with Gasteiger partial charge in [0, 0.05) is 18.0 Å². The fourth-order valence-electron chi connectivity index (χ4n) is 3.36. The molecular formula is C23H20N6O2. The van der Waals surface area contributed by atoms with Crippen LogP contribution in [-0.2, 0) is 6.54 Å². The minimum atomic E-state index is 0.219. The highest BCUT2D eigenvalue weighted by Gasteiger charge is 2.19. The Labute approximate surface area is 179 Å². The summed E-state index contributed by atoms with van der Waals surface area (Å²) in [6, 6.07) is 21.4. The van der Waals surface area contributed by atoms with Crippen LogP contribution < -0.4 is 25.4 Å². The summed E-state index contributed by atoms with van der Waals surface area (Å²) in [4.78, 5) is 15.3. The van der Waals surface area contributed by atoms with Gasteiger partial charge in [0.1, 0.15) is 17.8 Å². The first kappa shape index (κ1) is 18.7. The van der Waals surface area contributed by atoms with Crippen LogP contribution in [0.1, 0.15) is 5.56 Å². The molecule has 154 valence electrons. The van der Waals surface area contributed by atoms with Gasteiger partial charge < -0.3 is 25.4 Å². The van der Waals surface area contributed by atoms with E-state index < -0.39 is 0 Å². The van der Waals surface area contributed by atoms with Crippen molar-refractivity contribution in [2.75, 3.05) is 22.7 Å². The average Bonchev–Trinajstić information content (AvgIpc) is 3.28. The van der Waals surface area contributed by atoms with Gasteiger partial charge in [0.15, 0.2) is 23.1 Å². The number of nitrogens with one attached hydrogen (secondary N) is 1. The van der Waals surface area contributed by atoms with Crippen molar-refractivity contribution >= 4 is 28.8 Å². The van der Waals surface area contributed by atoms with Crippen LogP contribution in [-0.4, -0.2) is 21.7 Å². The van der Waals surface area contributed by atoms with E-state index >= 15 is 0 Å². The lowest BCUT2D eigenvalue weighted by Crippen LogP contribution is -2.21. The summed E-state index contributed by atoms with van der Waals surface area (Å²) >= 11 is 0. The summed E-state index contributed by atoms with van der Waals surface area (Å²) in [6.45, 7) is 0.777. The highest BCUT2D eigenvalue weighted by atomic mass is 16.7. The van der Waals surface area contributed by atoms with Gasteiger partial charge in [-0.3, -0.25) is 0 Å². The zero-order chi connectivity index (χ0) is 21.0. The van der Waals surface area contributed by atoms with E-state index in [1.807, 2.05) is 59.5 Å². The van der Waals surface area contributed by atoms with Crippen LogP contribution in [0.2, 0.25) is 0 Å². The Morgan fingerprint density at radius 2 is 1.74 bits per heavy atom. The van der Waals surface area contributed by atoms with Crippen LogP contribution in [0.5, 0.6) is 11.5 Å². The Morgan fingerprint density at radius 3 is 2.58 bits per heavy atom. The highest BCUT2D eigenvalue weighted by Crippen LogP contribution is 2.37. The lowest BCUT2D eigenvalue weighted by atomic mass is 10.2. The minimum absolute atomic E-state index is 0.219. The standard InChI is InChI=1S/C23H20N6O2/c24-21-22(28-17-9-10-18-19(12-17)31-15-30-18)26-14-27-23(21)29(20-8-4-5-11-25-20)13-16-6-2-1-3-7-16/h1-12,14H,13,15,24H2,(H,26,27,28). The normalized spacial score (nSPS) is 11.9. The maximum atomic E-state index is 6.52. The van der Waals surface area contributed by atoms with Crippen LogP contribution in [0.25, 0.3) is 0 Å². The molecule has 0 atom stereocenters. The topological polar surface area (TPSA) is 98.4 Å². The molecule has 0 aliphatic carbocycles. The van der Waals surface area contributed by atoms with Crippen molar-refractivity contribution in [3.05, 3.63) is 84.8 Å². The van der Waals surface area contributed by atoms with E-state index in [0.29, 0.717) is 35.4 Å². The number of anilines is 5. The van der Waals surface area contributed by atoms with Crippen LogP contribution >= 0.6 is 0 Å². The molecule has 31 heavy (non-hydrogen) atoms. The molecule has 8 nitrogen and oxygen atoms in total. The fraction of sp³-hybridized carbons (Fsp3) is 0.0870. The van der Waals surface area contributed by atoms with Crippen LogP contribution in [0.4, 0.5) is 28.8 Å². The van der Waals surface area contributed by atoms with E-state index in [-0.39, 0.29) is 6.79 Å². The first-order valence-electron chi connectivity index (χ1n) is 9.77. The Bertz CT molecular complexity index is 1190. The third-order valence-electron chi connectivity index (χ3n) is 4.86. The summed E-state index contributed by atoms with van der Waals surface area (Å²) in [7, 11) is 0. The quantitative estimate of drug-likeness (QED) is 0.485. The van der Waals surface area contributed by atoms with E-state index in [2.05, 4.69) is 32.4 Å². The maximum Gasteiger partial charge on any atom is 0.231 e. The Balaban J connectivity index is 1.50. The van der Waals surface area contributed by atoms with E-state index in [0.717, 1.165) is 17.1 Å². The Morgan fingerprint density at radius 1 is 0.903 bits per heavy atom. The molecule has 0 fully saturated rings. The van der Waals surface area contributed by atoms with Crippen molar-refractivity contribution in [2.24, 2.45) is 0 Å². The summed E-state index contributed by atoms with van der Waals surface area (Å²) in [5.74, 6) is 3.20. The van der Waals surface area contributed by atoms with E-state index in [1.165, 1.54) is 6.33 Å². The molecule has 0 saturated carbocycles. The van der Waals surface area contributed by atoms with Crippen molar-refractivity contribution in [3.63, 3.8) is 0 Å². The van der Waals surface area contributed by atoms with Gasteiger partial charge in [-0.2, -0.15) is 0 Å². The van der Waals surface area contributed by atoms with Gasteiger partial charge in [0.05, 0.1) is 6.54 Å². The third kappa shape index (κ3) is 3.91. The highest BCUT2D eigenvalue weighted by molar-refractivity contribution is 5.81. The minimum Gasteiger partial charge on any atom is -0.454 e. The summed E-state index contributed by atoms with van der Waals surface area (Å²) in [5, 5.41) is 3.25. The van der Waals surface area contributed by atoms with Crippen LogP contribution in [0.15, 0.2) is 79.3 Å². The molecule has 4 aromatic rings. The molecule has 0 bridgehead atoms. The fourth-order valence-corrected chi connectivity index (χ4v) is 3.36. The molecule has 0 saturated heterocycles. The molecule has 0 amide bonds. The Kier molecular flexibility index (Phi) is 4.94. The number of nitrogens with zero attached hydrogens (tertiary/aromatic N) is 4. The molecule has 2 aromatic heterocycles. The van der Waals surface area contributed by atoms with Crippen molar-refractivity contribution in [3.8, 4) is 11.5 Å². The molecule has 0 unspecified atom stereocenters. The first-order chi connectivity index (χ1) is 15.3. The number of fused-ring (bicyclic) bond motifs is 1. The Hall–Kier alpha value is -4.33. The van der Waals surface area contributed by atoms with E-state index in [4.69, 9.17) is 15.2 Å². The first-order valence-corrected chi connectivity index (χ1v) is 9.77. The summed E-state index contributed by atoms with van der Waals surface area (Å²) in [6.07, 6.45) is 3.23. The SMILES string of the molecule is Nc1c(Nc2ccc3c(c2)OCO3)ncnc1N(Cc1ccccc1)c1ccccn1. The number of nitrogens with two attached hydrogens (primary N) is 1. The third-order valence-corrected chi connectivity index (χ3v) is 4.86. The molecule has 0 spiro atoms. The van der Waals surface area contributed by atoms with Gasteiger partial charge in [-0.25, -0.2) is 15.0 Å². The zero-order valence-electron chi connectivity index (χ0n) is 16.6. The second-order valence-corrected chi connectivity index (χ2v) is 6.91. The summed E-state index contributed by atoms with van der Waals surface area (Å²) in [5.41, 5.74) is 8.83. The molecule has 1 aliphatic rings. The molecule has 1 aliphatic heterocycles. The second kappa shape index (κ2) is 8.19. The maximum absolute atomic E-state index is 6.52. The lowest BCUT2D eigenvalue weighted by Gasteiger charge is -2.25. The number of hydrogen-bond donors (Lipinski definition) is 2. The summed E-state index contributed by atoms with van der Waals surface area (Å²) < 4.78 is 10.8. The van der Waals surface area contributed by atoms with Crippen molar-refractivity contribution < 1.29 is 9.47 Å². The van der Waals surface area contributed by atoms with Gasteiger partial charge in [-0.1, -0.05) is 36.4 Å².